The zero-order valence-corrected chi connectivity index (χ0v) is 9.53. The van der Waals surface area contributed by atoms with Gasteiger partial charge in [-0.2, -0.15) is 13.2 Å². The maximum atomic E-state index is 11.8. The van der Waals surface area contributed by atoms with E-state index in [0.717, 1.165) is 0 Å². The lowest BCUT2D eigenvalue weighted by Gasteiger charge is -2.03. The van der Waals surface area contributed by atoms with Gasteiger partial charge in [0.2, 0.25) is 0 Å². The molecule has 0 saturated carbocycles. The molecule has 10 heteroatoms. The van der Waals surface area contributed by atoms with Crippen LogP contribution in [0.1, 0.15) is 10.5 Å². The Morgan fingerprint density at radius 3 is 2.38 bits per heavy atom. The van der Waals surface area contributed by atoms with E-state index in [4.69, 9.17) is 5.11 Å². The number of nitrogens with zero attached hydrogens (tertiary/aromatic N) is 1. The molecule has 0 aliphatic carbocycles. The van der Waals surface area contributed by atoms with Gasteiger partial charge in [0.25, 0.3) is 0 Å². The number of carboxylic acids is 1. The second kappa shape index (κ2) is 4.37. The highest BCUT2D eigenvalue weighted by Gasteiger charge is 2.39. The smallest absolute Gasteiger partial charge is 0.471 e. The van der Waals surface area contributed by atoms with Crippen LogP contribution < -0.4 is 5.32 Å². The highest BCUT2D eigenvalue weighted by atomic mass is 79.9. The number of halogens is 4. The summed E-state index contributed by atoms with van der Waals surface area (Å²) in [5, 5.41) is 9.56. The number of nitrogens with one attached hydrogen (secondary N) is 1. The molecule has 0 radical (unpaired) electrons. The van der Waals surface area contributed by atoms with Crippen LogP contribution in [0, 0.1) is 0 Å². The average molecular weight is 319 g/mol. The first-order chi connectivity index (χ1) is 7.21. The van der Waals surface area contributed by atoms with Crippen molar-refractivity contribution in [3.05, 3.63) is 9.48 Å². The molecular weight excluding hydrogens is 317 g/mol. The molecule has 5 nitrogen and oxygen atoms in total. The molecule has 0 bridgehead atoms. The first kappa shape index (κ1) is 12.9. The minimum Gasteiger partial charge on any atom is -0.476 e. The molecule has 0 aliphatic rings. The van der Waals surface area contributed by atoms with Crippen molar-refractivity contribution >= 4 is 44.3 Å². The van der Waals surface area contributed by atoms with Crippen molar-refractivity contribution in [3.8, 4) is 0 Å². The summed E-state index contributed by atoms with van der Waals surface area (Å²) >= 11 is 3.38. The Kier molecular flexibility index (Phi) is 3.53. The van der Waals surface area contributed by atoms with Crippen LogP contribution in [-0.4, -0.2) is 28.1 Å². The quantitative estimate of drug-likeness (QED) is 0.875. The third-order valence-corrected chi connectivity index (χ3v) is 2.89. The summed E-state index contributed by atoms with van der Waals surface area (Å²) in [6.45, 7) is 0. The minimum absolute atomic E-state index is 0.0254. The second-order valence-electron chi connectivity index (χ2n) is 2.40. The lowest BCUT2D eigenvalue weighted by atomic mass is 10.5. The van der Waals surface area contributed by atoms with Gasteiger partial charge in [0, 0.05) is 0 Å². The van der Waals surface area contributed by atoms with Crippen molar-refractivity contribution in [3.63, 3.8) is 0 Å². The fourth-order valence-electron chi connectivity index (χ4n) is 0.655. The Labute approximate surface area is 98.4 Å². The van der Waals surface area contributed by atoms with Crippen LogP contribution in [0.5, 0.6) is 0 Å². The van der Waals surface area contributed by atoms with E-state index in [9.17, 15) is 22.8 Å². The zero-order valence-electron chi connectivity index (χ0n) is 7.13. The number of alkyl halides is 3. The summed E-state index contributed by atoms with van der Waals surface area (Å²) in [5.41, 5.74) is -0.456. The van der Waals surface area contributed by atoms with Crippen LogP contribution in [-0.2, 0) is 4.79 Å². The van der Waals surface area contributed by atoms with Crippen molar-refractivity contribution in [2.75, 3.05) is 5.32 Å². The van der Waals surface area contributed by atoms with Crippen molar-refractivity contribution in [1.82, 2.24) is 4.98 Å². The van der Waals surface area contributed by atoms with Gasteiger partial charge in [-0.25, -0.2) is 9.78 Å². The SMILES string of the molecule is O=C(O)c1nc(NC(=O)C(F)(F)F)sc1Br. The molecule has 2 N–H and O–H groups in total. The van der Waals surface area contributed by atoms with E-state index < -0.39 is 28.9 Å². The number of carbonyl (C=O) groups excluding carboxylic acids is 1. The molecule has 1 rings (SSSR count). The Hall–Kier alpha value is -1.16. The normalized spacial score (nSPS) is 11.2. The number of carbonyl (C=O) groups is 2. The first-order valence-electron chi connectivity index (χ1n) is 3.49. The highest BCUT2D eigenvalue weighted by molar-refractivity contribution is 9.11. The summed E-state index contributed by atoms with van der Waals surface area (Å²) in [6.07, 6.45) is -5.04. The molecule has 0 aliphatic heterocycles. The van der Waals surface area contributed by atoms with Crippen molar-refractivity contribution in [1.29, 1.82) is 0 Å². The summed E-state index contributed by atoms with van der Waals surface area (Å²) < 4.78 is 35.5. The van der Waals surface area contributed by atoms with E-state index in [1.807, 2.05) is 0 Å². The molecule has 1 heterocycles. The van der Waals surface area contributed by atoms with Crippen LogP contribution in [0.3, 0.4) is 0 Å². The van der Waals surface area contributed by atoms with E-state index in [0.29, 0.717) is 11.3 Å². The largest absolute Gasteiger partial charge is 0.476 e. The number of hydrogen-bond acceptors (Lipinski definition) is 4. The molecule has 1 aromatic rings. The number of rotatable bonds is 2. The van der Waals surface area contributed by atoms with Crippen molar-refractivity contribution in [2.45, 2.75) is 6.18 Å². The van der Waals surface area contributed by atoms with Gasteiger partial charge in [-0.15, -0.1) is 0 Å². The lowest BCUT2D eigenvalue weighted by molar-refractivity contribution is -0.167. The third kappa shape index (κ3) is 2.92. The number of carboxylic acid groups (broad SMARTS) is 1. The summed E-state index contributed by atoms with van der Waals surface area (Å²) in [5.74, 6) is -3.61. The maximum Gasteiger partial charge on any atom is 0.471 e. The molecule has 0 unspecified atom stereocenters. The fraction of sp³-hybridized carbons (Fsp3) is 0.167. The van der Waals surface area contributed by atoms with Gasteiger partial charge < -0.3 is 5.11 Å². The van der Waals surface area contributed by atoms with Crippen LogP contribution in [0.25, 0.3) is 0 Å². The van der Waals surface area contributed by atoms with E-state index in [1.54, 1.807) is 0 Å². The monoisotopic (exact) mass is 318 g/mol. The standard InChI is InChI=1S/C6H2BrF3N2O3S/c7-2-1(3(13)14)11-5(16-2)12-4(15)6(8,9)10/h(H,13,14)(H,11,12,15). The number of aromatic nitrogens is 1. The number of anilines is 1. The van der Waals surface area contributed by atoms with Crippen LogP contribution in [0.4, 0.5) is 18.3 Å². The Bertz CT molecular complexity index is 445. The molecule has 1 amide bonds. The van der Waals surface area contributed by atoms with E-state index in [1.165, 1.54) is 5.32 Å². The lowest BCUT2D eigenvalue weighted by Crippen LogP contribution is -2.29. The molecule has 0 saturated heterocycles. The van der Waals surface area contributed by atoms with Crippen molar-refractivity contribution in [2.24, 2.45) is 0 Å². The molecular formula is C6H2BrF3N2O3S. The van der Waals surface area contributed by atoms with Gasteiger partial charge in [0.05, 0.1) is 0 Å². The molecule has 16 heavy (non-hydrogen) atoms. The Balaban J connectivity index is 2.88. The van der Waals surface area contributed by atoms with Crippen LogP contribution in [0.15, 0.2) is 3.79 Å². The average Bonchev–Trinajstić information content (AvgIpc) is 2.45. The van der Waals surface area contributed by atoms with E-state index >= 15 is 0 Å². The fourth-order valence-corrected chi connectivity index (χ4v) is 2.05. The number of hydrogen-bond donors (Lipinski definition) is 2. The molecule has 0 spiro atoms. The van der Waals surface area contributed by atoms with Gasteiger partial charge in [0.1, 0.15) is 3.79 Å². The summed E-state index contributed by atoms with van der Waals surface area (Å²) in [4.78, 5) is 24.3. The molecule has 1 aromatic heterocycles. The summed E-state index contributed by atoms with van der Waals surface area (Å²) in [7, 11) is 0. The predicted octanol–water partition coefficient (Wildman–Crippen LogP) is 2.10. The molecule has 0 aromatic carbocycles. The second-order valence-corrected chi connectivity index (χ2v) is 4.72. The molecule has 0 fully saturated rings. The summed E-state index contributed by atoms with van der Waals surface area (Å²) in [6, 6.07) is 0. The van der Waals surface area contributed by atoms with Gasteiger partial charge in [-0.05, 0) is 15.9 Å². The maximum absolute atomic E-state index is 11.8. The highest BCUT2D eigenvalue weighted by Crippen LogP contribution is 2.29. The number of amides is 1. The van der Waals surface area contributed by atoms with Gasteiger partial charge in [0.15, 0.2) is 10.8 Å². The topological polar surface area (TPSA) is 79.3 Å². The van der Waals surface area contributed by atoms with Crippen LogP contribution in [0.2, 0.25) is 0 Å². The minimum atomic E-state index is -5.04. The Morgan fingerprint density at radius 1 is 1.44 bits per heavy atom. The number of thiazole rings is 1. The van der Waals surface area contributed by atoms with Crippen molar-refractivity contribution < 1.29 is 27.9 Å². The third-order valence-electron chi connectivity index (χ3n) is 1.27. The molecule has 0 atom stereocenters. The number of aromatic carboxylic acids is 1. The predicted molar refractivity (Wildman–Crippen MR) is 51.5 cm³/mol. The Morgan fingerprint density at radius 2 is 2.00 bits per heavy atom. The zero-order chi connectivity index (χ0) is 12.5. The van der Waals surface area contributed by atoms with E-state index in [2.05, 4.69) is 20.9 Å². The first-order valence-corrected chi connectivity index (χ1v) is 5.10. The van der Waals surface area contributed by atoms with Gasteiger partial charge in [-0.1, -0.05) is 11.3 Å². The molecule has 88 valence electrons. The van der Waals surface area contributed by atoms with Gasteiger partial charge in [-0.3, -0.25) is 10.1 Å². The van der Waals surface area contributed by atoms with E-state index in [-0.39, 0.29) is 3.79 Å². The van der Waals surface area contributed by atoms with Crippen LogP contribution >= 0.6 is 27.3 Å². The van der Waals surface area contributed by atoms with Gasteiger partial charge >= 0.3 is 18.1 Å².